The van der Waals surface area contributed by atoms with Crippen molar-refractivity contribution in [2.75, 3.05) is 26.7 Å². The minimum Gasteiger partial charge on any atom is -0.329 e. The lowest BCUT2D eigenvalue weighted by Gasteiger charge is -2.36. The first kappa shape index (κ1) is 14.2. The van der Waals surface area contributed by atoms with Crippen LogP contribution >= 0.6 is 0 Å². The predicted octanol–water partition coefficient (Wildman–Crippen LogP) is 0.632. The highest BCUT2D eigenvalue weighted by molar-refractivity contribution is 7.86. The molecule has 1 heterocycles. The lowest BCUT2D eigenvalue weighted by atomic mass is 10.1. The fourth-order valence-corrected chi connectivity index (χ4v) is 4.44. The molecule has 18 heavy (non-hydrogen) atoms. The Morgan fingerprint density at radius 2 is 2.06 bits per heavy atom. The standard InChI is InChI=1S/C12H25N3O2S/c1-10-7-11(10)9-14(2)18(16,17)15-6-4-3-5-12(15)8-13/h10-12H,3-9,13H2,1-2H3. The maximum atomic E-state index is 12.5. The molecule has 2 N–H and O–H groups in total. The van der Waals surface area contributed by atoms with E-state index < -0.39 is 10.2 Å². The van der Waals surface area contributed by atoms with Gasteiger partial charge in [-0.1, -0.05) is 13.3 Å². The van der Waals surface area contributed by atoms with E-state index >= 15 is 0 Å². The smallest absolute Gasteiger partial charge is 0.282 e. The Balaban J connectivity index is 2.03. The van der Waals surface area contributed by atoms with Crippen LogP contribution in [-0.4, -0.2) is 49.8 Å². The summed E-state index contributed by atoms with van der Waals surface area (Å²) in [6.45, 7) is 3.87. The largest absolute Gasteiger partial charge is 0.329 e. The van der Waals surface area contributed by atoms with Crippen LogP contribution in [0.3, 0.4) is 0 Å². The summed E-state index contributed by atoms with van der Waals surface area (Å²) in [5.41, 5.74) is 5.70. The number of hydrogen-bond donors (Lipinski definition) is 1. The SMILES string of the molecule is CC1CC1CN(C)S(=O)(=O)N1CCCCC1CN. The molecule has 0 aromatic heterocycles. The van der Waals surface area contributed by atoms with Gasteiger partial charge in [0.05, 0.1) is 0 Å². The molecule has 3 atom stereocenters. The second kappa shape index (κ2) is 5.45. The van der Waals surface area contributed by atoms with Crippen molar-refractivity contribution in [3.8, 4) is 0 Å². The fourth-order valence-electron chi connectivity index (χ4n) is 2.77. The van der Waals surface area contributed by atoms with Crippen LogP contribution in [0.15, 0.2) is 0 Å². The Labute approximate surface area is 110 Å². The van der Waals surface area contributed by atoms with Crippen molar-refractivity contribution in [2.24, 2.45) is 17.6 Å². The van der Waals surface area contributed by atoms with Gasteiger partial charge in [0.25, 0.3) is 10.2 Å². The lowest BCUT2D eigenvalue weighted by Crippen LogP contribution is -2.52. The molecule has 0 spiro atoms. The Hall–Kier alpha value is -0.170. The van der Waals surface area contributed by atoms with Gasteiger partial charge >= 0.3 is 0 Å². The molecule has 1 aliphatic heterocycles. The molecular weight excluding hydrogens is 250 g/mol. The Kier molecular flexibility index (Phi) is 4.31. The second-order valence-electron chi connectivity index (χ2n) is 5.76. The van der Waals surface area contributed by atoms with E-state index in [0.29, 0.717) is 31.5 Å². The van der Waals surface area contributed by atoms with Gasteiger partial charge in [-0.3, -0.25) is 0 Å². The number of piperidine rings is 1. The summed E-state index contributed by atoms with van der Waals surface area (Å²) >= 11 is 0. The van der Waals surface area contributed by atoms with Gasteiger partial charge in [0, 0.05) is 32.7 Å². The van der Waals surface area contributed by atoms with E-state index in [2.05, 4.69) is 6.92 Å². The minimum atomic E-state index is -3.32. The van der Waals surface area contributed by atoms with Crippen LogP contribution in [0.1, 0.15) is 32.6 Å². The molecule has 0 amide bonds. The van der Waals surface area contributed by atoms with Crippen molar-refractivity contribution in [1.82, 2.24) is 8.61 Å². The van der Waals surface area contributed by atoms with Crippen LogP contribution in [0.25, 0.3) is 0 Å². The number of nitrogens with zero attached hydrogens (tertiary/aromatic N) is 2. The van der Waals surface area contributed by atoms with Crippen molar-refractivity contribution in [2.45, 2.75) is 38.6 Å². The zero-order valence-corrected chi connectivity index (χ0v) is 12.2. The van der Waals surface area contributed by atoms with E-state index in [0.717, 1.165) is 25.7 Å². The summed E-state index contributed by atoms with van der Waals surface area (Å²) < 4.78 is 28.2. The summed E-state index contributed by atoms with van der Waals surface area (Å²) in [5.74, 6) is 1.22. The third-order valence-corrected chi connectivity index (χ3v) is 6.31. The molecule has 2 rings (SSSR count). The first-order valence-corrected chi connectivity index (χ1v) is 8.29. The summed E-state index contributed by atoms with van der Waals surface area (Å²) in [5, 5.41) is 0. The molecule has 3 unspecified atom stereocenters. The van der Waals surface area contributed by atoms with Gasteiger partial charge in [-0.15, -0.1) is 0 Å². The Morgan fingerprint density at radius 3 is 2.61 bits per heavy atom. The lowest BCUT2D eigenvalue weighted by molar-refractivity contribution is 0.239. The molecule has 0 aromatic rings. The monoisotopic (exact) mass is 275 g/mol. The van der Waals surface area contributed by atoms with Gasteiger partial charge in [-0.05, 0) is 31.1 Å². The van der Waals surface area contributed by atoms with Crippen molar-refractivity contribution in [3.63, 3.8) is 0 Å². The zero-order chi connectivity index (χ0) is 13.3. The van der Waals surface area contributed by atoms with Gasteiger partial charge in [0.15, 0.2) is 0 Å². The number of nitrogens with two attached hydrogens (primary N) is 1. The van der Waals surface area contributed by atoms with Crippen LogP contribution in [0, 0.1) is 11.8 Å². The maximum absolute atomic E-state index is 12.5. The first-order chi connectivity index (χ1) is 8.46. The topological polar surface area (TPSA) is 66.6 Å². The van der Waals surface area contributed by atoms with Gasteiger partial charge < -0.3 is 5.73 Å². The molecule has 2 aliphatic rings. The van der Waals surface area contributed by atoms with Gasteiger partial charge in [0.2, 0.25) is 0 Å². The fraction of sp³-hybridized carbons (Fsp3) is 1.00. The van der Waals surface area contributed by atoms with Crippen molar-refractivity contribution in [1.29, 1.82) is 0 Å². The van der Waals surface area contributed by atoms with Crippen LogP contribution in [0.4, 0.5) is 0 Å². The predicted molar refractivity (Wildman–Crippen MR) is 72.2 cm³/mol. The molecule has 5 nitrogen and oxygen atoms in total. The minimum absolute atomic E-state index is 0.0113. The second-order valence-corrected chi connectivity index (χ2v) is 7.75. The van der Waals surface area contributed by atoms with Crippen molar-refractivity contribution in [3.05, 3.63) is 0 Å². The molecule has 1 saturated carbocycles. The summed E-state index contributed by atoms with van der Waals surface area (Å²) in [6.07, 6.45) is 4.07. The Bertz CT molecular complexity index is 385. The van der Waals surface area contributed by atoms with E-state index in [1.54, 1.807) is 11.4 Å². The van der Waals surface area contributed by atoms with Crippen LogP contribution in [0.2, 0.25) is 0 Å². The van der Waals surface area contributed by atoms with Gasteiger partial charge in [-0.2, -0.15) is 17.0 Å². The molecule has 2 fully saturated rings. The zero-order valence-electron chi connectivity index (χ0n) is 11.4. The number of hydrogen-bond acceptors (Lipinski definition) is 3. The van der Waals surface area contributed by atoms with Crippen LogP contribution in [-0.2, 0) is 10.2 Å². The maximum Gasteiger partial charge on any atom is 0.282 e. The molecule has 0 bridgehead atoms. The highest BCUT2D eigenvalue weighted by atomic mass is 32.2. The normalized spacial score (nSPS) is 33.9. The molecule has 1 saturated heterocycles. The summed E-state index contributed by atoms with van der Waals surface area (Å²) in [7, 11) is -1.62. The van der Waals surface area contributed by atoms with Crippen LogP contribution in [0.5, 0.6) is 0 Å². The van der Waals surface area contributed by atoms with E-state index in [4.69, 9.17) is 5.73 Å². The average Bonchev–Trinajstić information content (AvgIpc) is 3.04. The molecule has 106 valence electrons. The summed E-state index contributed by atoms with van der Waals surface area (Å²) in [6, 6.07) is -0.0113. The molecule has 1 aliphatic carbocycles. The van der Waals surface area contributed by atoms with Gasteiger partial charge in [0.1, 0.15) is 0 Å². The average molecular weight is 275 g/mol. The first-order valence-electron chi connectivity index (χ1n) is 6.90. The highest BCUT2D eigenvalue weighted by Crippen LogP contribution is 2.38. The van der Waals surface area contributed by atoms with E-state index in [1.807, 2.05) is 0 Å². The van der Waals surface area contributed by atoms with E-state index in [9.17, 15) is 8.42 Å². The molecule has 0 aromatic carbocycles. The number of rotatable bonds is 5. The van der Waals surface area contributed by atoms with E-state index in [1.165, 1.54) is 4.31 Å². The van der Waals surface area contributed by atoms with E-state index in [-0.39, 0.29) is 6.04 Å². The Morgan fingerprint density at radius 1 is 1.39 bits per heavy atom. The quantitative estimate of drug-likeness (QED) is 0.800. The molecular formula is C12H25N3O2S. The van der Waals surface area contributed by atoms with Crippen LogP contribution < -0.4 is 5.73 Å². The summed E-state index contributed by atoms with van der Waals surface area (Å²) in [4.78, 5) is 0. The highest BCUT2D eigenvalue weighted by Gasteiger charge is 2.39. The molecule has 0 radical (unpaired) electrons. The molecule has 6 heteroatoms. The van der Waals surface area contributed by atoms with Crippen molar-refractivity contribution >= 4 is 10.2 Å². The third kappa shape index (κ3) is 2.87. The van der Waals surface area contributed by atoms with Crippen molar-refractivity contribution < 1.29 is 8.42 Å². The van der Waals surface area contributed by atoms with Gasteiger partial charge in [-0.25, -0.2) is 0 Å². The third-order valence-electron chi connectivity index (χ3n) is 4.30.